The van der Waals surface area contributed by atoms with Crippen LogP contribution in [0, 0.1) is 24.5 Å². The molecular formula is C28H26F5N5O2. The highest BCUT2D eigenvalue weighted by Gasteiger charge is 2.42. The van der Waals surface area contributed by atoms with Gasteiger partial charge < -0.3 is 0 Å². The summed E-state index contributed by atoms with van der Waals surface area (Å²) < 4.78 is 70.2. The smallest absolute Gasteiger partial charge is 0.299 e. The van der Waals surface area contributed by atoms with Crippen molar-refractivity contribution in [1.29, 1.82) is 0 Å². The highest BCUT2D eigenvalue weighted by Crippen LogP contribution is 2.38. The maximum absolute atomic E-state index is 14.0. The standard InChI is InChI=1S/C28H26F5N5O2/c1-17-25(38(21-6-4-3-5-7-21)35-26(17)20-13-34-36(2)14-20)12-22(39)10-19-15-37(16-28(31,32)33)40-27(19)18-8-9-23(29)24(30)11-18/h3-9,11,13-14,19,27H,10,12,15-16H2,1-2H3/t19-,27+/m1/s1. The van der Waals surface area contributed by atoms with Gasteiger partial charge in [-0.2, -0.15) is 28.4 Å². The fourth-order valence-corrected chi connectivity index (χ4v) is 5.03. The predicted molar refractivity (Wildman–Crippen MR) is 135 cm³/mol. The Labute approximate surface area is 226 Å². The molecule has 5 rings (SSSR count). The molecule has 40 heavy (non-hydrogen) atoms. The second kappa shape index (κ2) is 10.9. The van der Waals surface area contributed by atoms with Crippen molar-refractivity contribution in [2.75, 3.05) is 13.1 Å². The molecule has 12 heteroatoms. The highest BCUT2D eigenvalue weighted by molar-refractivity contribution is 5.82. The van der Waals surface area contributed by atoms with Crippen molar-refractivity contribution in [3.05, 3.63) is 89.4 Å². The Morgan fingerprint density at radius 3 is 2.50 bits per heavy atom. The molecule has 4 aromatic rings. The Morgan fingerprint density at radius 1 is 1.10 bits per heavy atom. The van der Waals surface area contributed by atoms with Crippen LogP contribution in [0.3, 0.4) is 0 Å². The van der Waals surface area contributed by atoms with E-state index >= 15 is 0 Å². The number of benzene rings is 2. The normalized spacial score (nSPS) is 18.0. The number of para-hydroxylation sites is 1. The topological polar surface area (TPSA) is 65.2 Å². The maximum atomic E-state index is 14.0. The number of aromatic nitrogens is 4. The van der Waals surface area contributed by atoms with Gasteiger partial charge in [0.15, 0.2) is 11.6 Å². The number of nitrogens with zero attached hydrogens (tertiary/aromatic N) is 5. The van der Waals surface area contributed by atoms with Gasteiger partial charge in [0.05, 0.1) is 23.3 Å². The largest absolute Gasteiger partial charge is 0.403 e. The molecule has 0 N–H and O–H groups in total. The highest BCUT2D eigenvalue weighted by atomic mass is 19.4. The van der Waals surface area contributed by atoms with Gasteiger partial charge in [0.1, 0.15) is 18.4 Å². The average Bonchev–Trinajstić information content (AvgIpc) is 3.58. The van der Waals surface area contributed by atoms with E-state index in [4.69, 9.17) is 9.94 Å². The molecule has 2 aromatic heterocycles. The Balaban J connectivity index is 1.43. The molecule has 2 atom stereocenters. The van der Waals surface area contributed by atoms with Crippen molar-refractivity contribution in [3.8, 4) is 16.9 Å². The van der Waals surface area contributed by atoms with E-state index in [9.17, 15) is 26.7 Å². The van der Waals surface area contributed by atoms with Crippen molar-refractivity contribution in [1.82, 2.24) is 24.6 Å². The first-order valence-corrected chi connectivity index (χ1v) is 12.6. The van der Waals surface area contributed by atoms with Crippen LogP contribution in [0.15, 0.2) is 60.9 Å². The summed E-state index contributed by atoms with van der Waals surface area (Å²) in [5.74, 6) is -3.21. The van der Waals surface area contributed by atoms with Crippen LogP contribution in [0.25, 0.3) is 16.9 Å². The lowest BCUT2D eigenvalue weighted by Crippen LogP contribution is -2.31. The number of aryl methyl sites for hydroxylation is 1. The lowest BCUT2D eigenvalue weighted by molar-refractivity contribution is -0.227. The monoisotopic (exact) mass is 559 g/mol. The zero-order valence-corrected chi connectivity index (χ0v) is 21.7. The second-order valence-corrected chi connectivity index (χ2v) is 9.89. The minimum absolute atomic E-state index is 0.0474. The van der Waals surface area contributed by atoms with Gasteiger partial charge in [-0.1, -0.05) is 24.3 Å². The van der Waals surface area contributed by atoms with Crippen molar-refractivity contribution >= 4 is 5.78 Å². The molecule has 1 aliphatic heterocycles. The van der Waals surface area contributed by atoms with E-state index in [1.807, 2.05) is 43.5 Å². The van der Waals surface area contributed by atoms with Gasteiger partial charge in [-0.05, 0) is 42.3 Å². The molecular weight excluding hydrogens is 533 g/mol. The third-order valence-corrected chi connectivity index (χ3v) is 6.83. The third-order valence-electron chi connectivity index (χ3n) is 6.83. The van der Waals surface area contributed by atoms with Crippen LogP contribution in [-0.2, 0) is 23.1 Å². The lowest BCUT2D eigenvalue weighted by atomic mass is 9.90. The van der Waals surface area contributed by atoms with E-state index in [1.54, 1.807) is 22.6 Å². The number of ketones is 1. The number of carbonyl (C=O) groups excluding carboxylic acids is 1. The van der Waals surface area contributed by atoms with Crippen LogP contribution >= 0.6 is 0 Å². The number of hydrogen-bond donors (Lipinski definition) is 0. The lowest BCUT2D eigenvalue weighted by Gasteiger charge is -2.19. The molecule has 210 valence electrons. The molecule has 1 saturated heterocycles. The van der Waals surface area contributed by atoms with Gasteiger partial charge >= 0.3 is 6.18 Å². The second-order valence-electron chi connectivity index (χ2n) is 9.89. The molecule has 0 spiro atoms. The first kappa shape index (κ1) is 27.7. The van der Waals surface area contributed by atoms with Gasteiger partial charge in [-0.25, -0.2) is 13.5 Å². The molecule has 1 fully saturated rings. The Morgan fingerprint density at radius 2 is 1.85 bits per heavy atom. The SMILES string of the molecule is Cc1c(-c2cnn(C)c2)nn(-c2ccccc2)c1CC(=O)C[C@@H]1CN(CC(F)(F)F)O[C@H]1c1ccc(F)c(F)c1. The summed E-state index contributed by atoms with van der Waals surface area (Å²) in [6, 6.07) is 12.3. The molecule has 0 saturated carbocycles. The van der Waals surface area contributed by atoms with E-state index < -0.39 is 36.4 Å². The Hall–Kier alpha value is -3.90. The molecule has 2 aromatic carbocycles. The summed E-state index contributed by atoms with van der Waals surface area (Å²) in [6.45, 7) is 0.296. The van der Waals surface area contributed by atoms with Gasteiger partial charge in [-0.15, -0.1) is 0 Å². The zero-order chi connectivity index (χ0) is 28.6. The van der Waals surface area contributed by atoms with Crippen LogP contribution in [0.2, 0.25) is 0 Å². The van der Waals surface area contributed by atoms with E-state index in [2.05, 4.69) is 5.10 Å². The Kier molecular flexibility index (Phi) is 7.56. The van der Waals surface area contributed by atoms with E-state index in [0.29, 0.717) is 11.4 Å². The van der Waals surface area contributed by atoms with Crippen molar-refractivity contribution in [2.45, 2.75) is 32.0 Å². The molecule has 1 aliphatic rings. The minimum Gasteiger partial charge on any atom is -0.299 e. The number of hydrogen-bond acceptors (Lipinski definition) is 5. The Bertz CT molecular complexity index is 1520. The van der Waals surface area contributed by atoms with Crippen LogP contribution in [-0.4, -0.2) is 49.7 Å². The van der Waals surface area contributed by atoms with Crippen molar-refractivity contribution in [2.24, 2.45) is 13.0 Å². The number of Topliss-reactive ketones (excluding diaryl/α,β-unsaturated/α-hetero) is 1. The van der Waals surface area contributed by atoms with Gasteiger partial charge in [0.25, 0.3) is 0 Å². The summed E-state index contributed by atoms with van der Waals surface area (Å²) in [7, 11) is 1.78. The number of alkyl halides is 3. The first-order chi connectivity index (χ1) is 19.0. The first-order valence-electron chi connectivity index (χ1n) is 12.6. The third kappa shape index (κ3) is 5.97. The van der Waals surface area contributed by atoms with Gasteiger partial charge in [-0.3, -0.25) is 14.3 Å². The van der Waals surface area contributed by atoms with E-state index in [0.717, 1.165) is 34.0 Å². The number of hydroxylamine groups is 2. The average molecular weight is 560 g/mol. The summed E-state index contributed by atoms with van der Waals surface area (Å²) in [6.07, 6.45) is -2.29. The van der Waals surface area contributed by atoms with Crippen LogP contribution in [0.1, 0.15) is 29.3 Å². The van der Waals surface area contributed by atoms with Crippen molar-refractivity contribution < 1.29 is 31.6 Å². The molecule has 0 unspecified atom stereocenters. The fraction of sp³-hybridized carbons (Fsp3) is 0.321. The van der Waals surface area contributed by atoms with E-state index in [1.165, 1.54) is 6.07 Å². The summed E-state index contributed by atoms with van der Waals surface area (Å²) in [4.78, 5) is 19.0. The van der Waals surface area contributed by atoms with Crippen LogP contribution in [0.4, 0.5) is 22.0 Å². The number of halogens is 5. The molecule has 3 heterocycles. The predicted octanol–water partition coefficient (Wildman–Crippen LogP) is 5.53. The molecule has 0 amide bonds. The fourth-order valence-electron chi connectivity index (χ4n) is 5.03. The zero-order valence-electron chi connectivity index (χ0n) is 21.7. The molecule has 0 aliphatic carbocycles. The molecule has 0 radical (unpaired) electrons. The van der Waals surface area contributed by atoms with Crippen LogP contribution in [0.5, 0.6) is 0 Å². The van der Waals surface area contributed by atoms with Gasteiger partial charge in [0.2, 0.25) is 0 Å². The summed E-state index contributed by atoms with van der Waals surface area (Å²) in [5, 5.41) is 9.69. The van der Waals surface area contributed by atoms with Crippen LogP contribution < -0.4 is 0 Å². The summed E-state index contributed by atoms with van der Waals surface area (Å²) >= 11 is 0. The number of rotatable bonds is 8. The quantitative estimate of drug-likeness (QED) is 0.266. The minimum atomic E-state index is -4.54. The molecule has 7 nitrogen and oxygen atoms in total. The number of carbonyl (C=O) groups is 1. The molecule has 0 bridgehead atoms. The maximum Gasteiger partial charge on any atom is 0.403 e. The van der Waals surface area contributed by atoms with E-state index in [-0.39, 0.29) is 30.7 Å². The summed E-state index contributed by atoms with van der Waals surface area (Å²) in [5.41, 5.74) is 3.72. The van der Waals surface area contributed by atoms with Gasteiger partial charge in [0, 0.05) is 44.1 Å². The van der Waals surface area contributed by atoms with Crippen molar-refractivity contribution in [3.63, 3.8) is 0 Å².